The summed E-state index contributed by atoms with van der Waals surface area (Å²) >= 11 is 0. The summed E-state index contributed by atoms with van der Waals surface area (Å²) in [5.41, 5.74) is 0.228. The maximum Gasteiger partial charge on any atom is 0.337 e. The number of ether oxygens (including phenoxy) is 1. The number of esters is 1. The monoisotopic (exact) mass is 382 g/mol. The largest absolute Gasteiger partial charge is 0.465 e. The van der Waals surface area contributed by atoms with Gasteiger partial charge in [0.15, 0.2) is 0 Å². The van der Waals surface area contributed by atoms with Gasteiger partial charge in [0.1, 0.15) is 5.60 Å². The van der Waals surface area contributed by atoms with E-state index in [1.165, 1.54) is 31.4 Å². The SMILES string of the molecule is COC(=O)c1ccc(NC(=O)C(=O)NC[C@@](O)(c2ccccc2)C2CC2)cc1. The Hall–Kier alpha value is -3.19. The zero-order valence-electron chi connectivity index (χ0n) is 15.5. The number of hydrogen-bond acceptors (Lipinski definition) is 5. The van der Waals surface area contributed by atoms with Crippen molar-refractivity contribution in [2.24, 2.45) is 5.92 Å². The average molecular weight is 382 g/mol. The first-order valence-electron chi connectivity index (χ1n) is 8.99. The van der Waals surface area contributed by atoms with E-state index < -0.39 is 23.4 Å². The maximum atomic E-state index is 12.2. The van der Waals surface area contributed by atoms with Crippen molar-refractivity contribution in [1.82, 2.24) is 5.32 Å². The highest BCUT2D eigenvalue weighted by Crippen LogP contribution is 2.45. The van der Waals surface area contributed by atoms with Crippen LogP contribution in [0.15, 0.2) is 54.6 Å². The van der Waals surface area contributed by atoms with Gasteiger partial charge in [0.25, 0.3) is 0 Å². The number of rotatable bonds is 6. The predicted molar refractivity (Wildman–Crippen MR) is 102 cm³/mol. The Bertz CT molecular complexity index is 862. The molecule has 2 amide bonds. The molecule has 1 atom stereocenters. The summed E-state index contributed by atoms with van der Waals surface area (Å²) in [6.07, 6.45) is 1.75. The van der Waals surface area contributed by atoms with Gasteiger partial charge in [-0.15, -0.1) is 0 Å². The molecule has 146 valence electrons. The molecule has 2 aromatic carbocycles. The molecule has 0 radical (unpaired) electrons. The summed E-state index contributed by atoms with van der Waals surface area (Å²) in [4.78, 5) is 35.7. The van der Waals surface area contributed by atoms with Crippen molar-refractivity contribution >= 4 is 23.5 Å². The number of methoxy groups -OCH3 is 1. The molecule has 0 unspecified atom stereocenters. The fourth-order valence-electron chi connectivity index (χ4n) is 3.06. The van der Waals surface area contributed by atoms with E-state index in [0.29, 0.717) is 11.3 Å². The fraction of sp³-hybridized carbons (Fsp3) is 0.286. The second-order valence-electron chi connectivity index (χ2n) is 6.77. The molecule has 2 aromatic rings. The van der Waals surface area contributed by atoms with Crippen LogP contribution in [0.1, 0.15) is 28.8 Å². The predicted octanol–water partition coefficient (Wildman–Crippen LogP) is 1.83. The van der Waals surface area contributed by atoms with E-state index in [0.717, 1.165) is 18.4 Å². The van der Waals surface area contributed by atoms with E-state index in [1.54, 1.807) is 0 Å². The van der Waals surface area contributed by atoms with E-state index in [2.05, 4.69) is 15.4 Å². The molecule has 0 bridgehead atoms. The quantitative estimate of drug-likeness (QED) is 0.522. The summed E-state index contributed by atoms with van der Waals surface area (Å²) in [6.45, 7) is -0.0464. The molecule has 3 N–H and O–H groups in total. The first-order valence-corrected chi connectivity index (χ1v) is 8.99. The number of benzene rings is 2. The summed E-state index contributed by atoms with van der Waals surface area (Å²) in [7, 11) is 1.28. The minimum absolute atomic E-state index is 0.0464. The molecule has 1 aliphatic rings. The summed E-state index contributed by atoms with van der Waals surface area (Å²) < 4.78 is 4.61. The van der Waals surface area contributed by atoms with Crippen LogP contribution >= 0.6 is 0 Å². The molecular weight excluding hydrogens is 360 g/mol. The number of aliphatic hydroxyl groups is 1. The highest BCUT2D eigenvalue weighted by Gasteiger charge is 2.45. The maximum absolute atomic E-state index is 12.2. The molecule has 0 aromatic heterocycles. The van der Waals surface area contributed by atoms with Crippen molar-refractivity contribution in [3.05, 3.63) is 65.7 Å². The summed E-state index contributed by atoms with van der Waals surface area (Å²) in [6, 6.07) is 15.1. The van der Waals surface area contributed by atoms with E-state index >= 15 is 0 Å². The third-order valence-electron chi connectivity index (χ3n) is 4.81. The van der Waals surface area contributed by atoms with E-state index in [1.807, 2.05) is 30.3 Å². The van der Waals surface area contributed by atoms with Gasteiger partial charge in [-0.25, -0.2) is 4.79 Å². The molecule has 1 aliphatic carbocycles. The van der Waals surface area contributed by atoms with Gasteiger partial charge >= 0.3 is 17.8 Å². The minimum Gasteiger partial charge on any atom is -0.465 e. The van der Waals surface area contributed by atoms with Crippen LogP contribution in [0, 0.1) is 5.92 Å². The van der Waals surface area contributed by atoms with Crippen molar-refractivity contribution in [3.63, 3.8) is 0 Å². The minimum atomic E-state index is -1.20. The molecule has 0 aliphatic heterocycles. The third kappa shape index (κ3) is 4.37. The molecular formula is C21H22N2O5. The number of carbonyl (C=O) groups is 3. The Labute approximate surface area is 162 Å². The molecule has 28 heavy (non-hydrogen) atoms. The van der Waals surface area contributed by atoms with Crippen LogP contribution < -0.4 is 10.6 Å². The van der Waals surface area contributed by atoms with Crippen molar-refractivity contribution < 1.29 is 24.2 Å². The lowest BCUT2D eigenvalue weighted by atomic mass is 9.88. The molecule has 0 heterocycles. The highest BCUT2D eigenvalue weighted by molar-refractivity contribution is 6.39. The van der Waals surface area contributed by atoms with Gasteiger partial charge in [-0.1, -0.05) is 30.3 Å². The molecule has 0 spiro atoms. The molecule has 3 rings (SSSR count). The van der Waals surface area contributed by atoms with Crippen molar-refractivity contribution in [2.45, 2.75) is 18.4 Å². The van der Waals surface area contributed by atoms with Gasteiger partial charge in [0.05, 0.1) is 19.2 Å². The molecule has 1 fully saturated rings. The molecule has 7 nitrogen and oxygen atoms in total. The van der Waals surface area contributed by atoms with Gasteiger partial charge in [0, 0.05) is 5.69 Å². The molecule has 1 saturated carbocycles. The topological polar surface area (TPSA) is 105 Å². The van der Waals surface area contributed by atoms with Crippen LogP contribution in [-0.4, -0.2) is 36.5 Å². The summed E-state index contributed by atoms with van der Waals surface area (Å²) in [5, 5.41) is 16.0. The Balaban J connectivity index is 1.59. The van der Waals surface area contributed by atoms with Crippen LogP contribution in [0.4, 0.5) is 5.69 Å². The zero-order chi connectivity index (χ0) is 20.1. The van der Waals surface area contributed by atoms with Crippen molar-refractivity contribution in [1.29, 1.82) is 0 Å². The van der Waals surface area contributed by atoms with Crippen LogP contribution in [0.5, 0.6) is 0 Å². The standard InChI is InChI=1S/C21H22N2O5/c1-28-20(26)14-7-11-17(12-8-14)23-19(25)18(24)22-13-21(27,16-9-10-16)15-5-3-2-4-6-15/h2-8,11-12,16,27H,9-10,13H2,1H3,(H,22,24)(H,23,25)/t21-/m1/s1. The fourth-order valence-corrected chi connectivity index (χ4v) is 3.06. The van der Waals surface area contributed by atoms with Crippen LogP contribution in [0.2, 0.25) is 0 Å². The third-order valence-corrected chi connectivity index (χ3v) is 4.81. The smallest absolute Gasteiger partial charge is 0.337 e. The van der Waals surface area contributed by atoms with Crippen LogP contribution in [0.3, 0.4) is 0 Å². The second kappa shape index (κ2) is 8.22. The summed E-state index contributed by atoms with van der Waals surface area (Å²) in [5.74, 6) is -2.12. The lowest BCUT2D eigenvalue weighted by Crippen LogP contribution is -2.45. The van der Waals surface area contributed by atoms with E-state index in [9.17, 15) is 19.5 Å². The van der Waals surface area contributed by atoms with Gasteiger partial charge in [-0.3, -0.25) is 9.59 Å². The van der Waals surface area contributed by atoms with Gasteiger partial charge in [0.2, 0.25) is 0 Å². The average Bonchev–Trinajstić information content (AvgIpc) is 3.58. The Morgan fingerprint density at radius 1 is 1.04 bits per heavy atom. The second-order valence-corrected chi connectivity index (χ2v) is 6.77. The number of carbonyl (C=O) groups excluding carboxylic acids is 3. The zero-order valence-corrected chi connectivity index (χ0v) is 15.5. The Kier molecular flexibility index (Phi) is 5.75. The van der Waals surface area contributed by atoms with Crippen LogP contribution in [-0.2, 0) is 19.9 Å². The first-order chi connectivity index (χ1) is 13.4. The Morgan fingerprint density at radius 2 is 1.68 bits per heavy atom. The van der Waals surface area contributed by atoms with Gasteiger partial charge in [-0.2, -0.15) is 0 Å². The highest BCUT2D eigenvalue weighted by atomic mass is 16.5. The van der Waals surface area contributed by atoms with E-state index in [4.69, 9.17) is 0 Å². The molecule has 0 saturated heterocycles. The van der Waals surface area contributed by atoms with Crippen molar-refractivity contribution in [2.75, 3.05) is 19.0 Å². The lowest BCUT2D eigenvalue weighted by Gasteiger charge is -2.29. The normalized spacial score (nSPS) is 15.2. The van der Waals surface area contributed by atoms with Crippen molar-refractivity contribution in [3.8, 4) is 0 Å². The van der Waals surface area contributed by atoms with Crippen LogP contribution in [0.25, 0.3) is 0 Å². The Morgan fingerprint density at radius 3 is 2.25 bits per heavy atom. The van der Waals surface area contributed by atoms with Gasteiger partial charge < -0.3 is 20.5 Å². The first kappa shape index (κ1) is 19.6. The lowest BCUT2D eigenvalue weighted by molar-refractivity contribution is -0.137. The number of nitrogens with one attached hydrogen (secondary N) is 2. The van der Waals surface area contributed by atoms with E-state index in [-0.39, 0.29) is 12.5 Å². The van der Waals surface area contributed by atoms with Gasteiger partial charge in [-0.05, 0) is 48.6 Å². The number of hydrogen-bond donors (Lipinski definition) is 3. The number of amides is 2. The molecule has 7 heteroatoms. The number of anilines is 1.